The Morgan fingerprint density at radius 2 is 1.12 bits per heavy atom. The Bertz CT molecular complexity index is 836. The maximum Gasteiger partial charge on any atom is 0.176 e. The van der Waals surface area contributed by atoms with Crippen LogP contribution in [0.1, 0.15) is 12.8 Å². The minimum absolute atomic E-state index is 0.0315. The topological polar surface area (TPSA) is 333 Å². The third kappa shape index (κ3) is 6.85. The molecule has 18 heteroatoms. The maximum absolute atomic E-state index is 11.0. The van der Waals surface area contributed by atoms with Crippen molar-refractivity contribution in [2.24, 2.45) is 34.4 Å². The molecular weight excluding hydrogens is 552 g/mol. The Morgan fingerprint density at radius 3 is 1.63 bits per heavy atom. The molecule has 0 radical (unpaired) electrons. The Hall–Kier alpha value is -0.720. The highest BCUT2D eigenvalue weighted by atomic mass is 16.7. The molecule has 0 aromatic heterocycles. The summed E-state index contributed by atoms with van der Waals surface area (Å²) in [5, 5.41) is 61.8. The lowest BCUT2D eigenvalue weighted by molar-refractivity contribution is -0.302. The summed E-state index contributed by atoms with van der Waals surface area (Å²) in [5.74, 6) is 0. The molecule has 0 amide bonds. The van der Waals surface area contributed by atoms with Crippen LogP contribution in [0, 0.1) is 0 Å². The van der Waals surface area contributed by atoms with Gasteiger partial charge in [0.15, 0.2) is 18.9 Å². The van der Waals surface area contributed by atoms with Crippen LogP contribution in [0.15, 0.2) is 0 Å². The van der Waals surface area contributed by atoms with Crippen molar-refractivity contribution >= 4 is 0 Å². The molecule has 0 aromatic rings. The van der Waals surface area contributed by atoms with E-state index in [4.69, 9.17) is 62.8 Å². The number of hydrogen-bond donors (Lipinski definition) is 12. The fraction of sp³-hybridized carbons (Fsp3) is 1.00. The summed E-state index contributed by atoms with van der Waals surface area (Å²) in [4.78, 5) is 0. The van der Waals surface area contributed by atoms with Gasteiger partial charge in [0.1, 0.15) is 54.9 Å². The van der Waals surface area contributed by atoms with Crippen LogP contribution in [0.2, 0.25) is 0 Å². The van der Waals surface area contributed by atoms with E-state index in [2.05, 4.69) is 0 Å². The third-order valence-corrected chi connectivity index (χ3v) is 8.28. The van der Waals surface area contributed by atoms with Gasteiger partial charge in [0, 0.05) is 31.6 Å². The molecular formula is C23H46N6O12. The second-order valence-electron chi connectivity index (χ2n) is 11.1. The van der Waals surface area contributed by atoms with Crippen molar-refractivity contribution in [3.05, 3.63) is 0 Å². The van der Waals surface area contributed by atoms with Gasteiger partial charge in [0.05, 0.1) is 30.9 Å². The van der Waals surface area contributed by atoms with Crippen molar-refractivity contribution in [1.29, 1.82) is 0 Å². The van der Waals surface area contributed by atoms with Crippen molar-refractivity contribution in [2.75, 3.05) is 19.7 Å². The normalized spacial score (nSPS) is 53.0. The SMILES string of the molecule is NCC1O[C@H](O[C@@H]2C(N)C[C@@H](N)[C@@H](O)C2O[C@H]2C[C@@H](OC3O[C@@H](CN)C(O)[C@@H](O)[C@H]3N)[C@@H](CO)O2)C(N)[C@@H](O)[C@@H]1O. The van der Waals surface area contributed by atoms with E-state index in [-0.39, 0.29) is 25.9 Å². The fourth-order valence-electron chi connectivity index (χ4n) is 5.72. The predicted molar refractivity (Wildman–Crippen MR) is 137 cm³/mol. The number of aliphatic hydroxyl groups excluding tert-OH is 6. The summed E-state index contributed by atoms with van der Waals surface area (Å²) in [6.45, 7) is -0.695. The molecule has 1 aliphatic carbocycles. The molecule has 18 nitrogen and oxygen atoms in total. The van der Waals surface area contributed by atoms with Gasteiger partial charge in [-0.15, -0.1) is 0 Å². The first-order valence-corrected chi connectivity index (χ1v) is 13.8. The van der Waals surface area contributed by atoms with Crippen molar-refractivity contribution in [3.63, 3.8) is 0 Å². The van der Waals surface area contributed by atoms with E-state index in [0.29, 0.717) is 0 Å². The van der Waals surface area contributed by atoms with Crippen molar-refractivity contribution in [1.82, 2.24) is 0 Å². The lowest BCUT2D eigenvalue weighted by Gasteiger charge is -2.47. The van der Waals surface area contributed by atoms with Gasteiger partial charge in [-0.2, -0.15) is 0 Å². The highest BCUT2D eigenvalue weighted by Gasteiger charge is 2.51. The highest BCUT2D eigenvalue weighted by molar-refractivity contribution is 5.01. The van der Waals surface area contributed by atoms with Gasteiger partial charge in [-0.1, -0.05) is 0 Å². The first kappa shape index (κ1) is 33.2. The van der Waals surface area contributed by atoms with E-state index in [1.165, 1.54) is 0 Å². The number of nitrogens with two attached hydrogens (primary N) is 6. The van der Waals surface area contributed by atoms with Crippen LogP contribution in [0.25, 0.3) is 0 Å². The Kier molecular flexibility index (Phi) is 11.3. The second-order valence-corrected chi connectivity index (χ2v) is 11.1. The molecule has 3 aliphatic heterocycles. The standard InChI is InChI=1S/C23H46N6O12/c24-3-9-16(32)18(34)13(28)22(38-9)37-8-2-12(36-11(8)5-30)40-21-15(31)6(26)1-7(27)20(21)41-23-14(29)19(35)17(33)10(4-25)39-23/h6-23,30-35H,1-5,24-29H2/t6-,7?,8-,9+,10?,11-,12+,13-,14?,15-,16?,17-,18+,19-,20-,21?,22?,23-/m1/s1. The van der Waals surface area contributed by atoms with Crippen LogP contribution in [-0.4, -0.2) is 161 Å². The molecule has 4 rings (SSSR count). The largest absolute Gasteiger partial charge is 0.394 e. The molecule has 3 saturated heterocycles. The molecule has 41 heavy (non-hydrogen) atoms. The smallest absolute Gasteiger partial charge is 0.176 e. The van der Waals surface area contributed by atoms with E-state index in [1.54, 1.807) is 0 Å². The number of ether oxygens (including phenoxy) is 6. The average molecular weight is 599 g/mol. The number of hydrogen-bond acceptors (Lipinski definition) is 18. The van der Waals surface area contributed by atoms with Crippen molar-refractivity contribution in [3.8, 4) is 0 Å². The summed E-state index contributed by atoms with van der Waals surface area (Å²) in [6.07, 6.45) is -15.8. The molecule has 0 bridgehead atoms. The summed E-state index contributed by atoms with van der Waals surface area (Å²) in [5.41, 5.74) is 35.8. The monoisotopic (exact) mass is 598 g/mol. The van der Waals surface area contributed by atoms with E-state index in [0.717, 1.165) is 0 Å². The highest BCUT2D eigenvalue weighted by Crippen LogP contribution is 2.34. The first-order chi connectivity index (χ1) is 19.4. The minimum atomic E-state index is -1.40. The minimum Gasteiger partial charge on any atom is -0.394 e. The van der Waals surface area contributed by atoms with E-state index < -0.39 is 117 Å². The van der Waals surface area contributed by atoms with Gasteiger partial charge in [-0.3, -0.25) is 0 Å². The number of aliphatic hydroxyl groups is 6. The quantitative estimate of drug-likeness (QED) is 0.117. The zero-order chi connectivity index (χ0) is 30.2. The first-order valence-electron chi connectivity index (χ1n) is 13.8. The molecule has 0 aromatic carbocycles. The van der Waals surface area contributed by atoms with Gasteiger partial charge in [-0.05, 0) is 6.42 Å². The van der Waals surface area contributed by atoms with Crippen molar-refractivity contribution in [2.45, 2.75) is 123 Å². The van der Waals surface area contributed by atoms with Gasteiger partial charge >= 0.3 is 0 Å². The van der Waals surface area contributed by atoms with Crippen LogP contribution in [0.3, 0.4) is 0 Å². The Labute approximate surface area is 236 Å². The number of rotatable bonds is 9. The van der Waals surface area contributed by atoms with Gasteiger partial charge in [0.2, 0.25) is 0 Å². The van der Waals surface area contributed by atoms with Crippen molar-refractivity contribution < 1.29 is 59.1 Å². The van der Waals surface area contributed by atoms with E-state index >= 15 is 0 Å². The third-order valence-electron chi connectivity index (χ3n) is 8.28. The molecule has 18 N–H and O–H groups in total. The van der Waals surface area contributed by atoms with Crippen LogP contribution in [0.5, 0.6) is 0 Å². The summed E-state index contributed by atoms with van der Waals surface area (Å²) in [7, 11) is 0. The van der Waals surface area contributed by atoms with Gasteiger partial charge in [-0.25, -0.2) is 0 Å². The van der Waals surface area contributed by atoms with Crippen LogP contribution in [0.4, 0.5) is 0 Å². The summed E-state index contributed by atoms with van der Waals surface area (Å²) >= 11 is 0. The summed E-state index contributed by atoms with van der Waals surface area (Å²) in [6, 6.07) is -3.83. The molecule has 3 heterocycles. The molecule has 18 atom stereocenters. The molecule has 1 saturated carbocycles. The molecule has 0 spiro atoms. The molecule has 4 fully saturated rings. The zero-order valence-electron chi connectivity index (χ0n) is 22.5. The van der Waals surface area contributed by atoms with Gasteiger partial charge < -0.3 is 93.5 Å². The van der Waals surface area contributed by atoms with E-state index in [9.17, 15) is 30.6 Å². The lowest BCUT2D eigenvalue weighted by Crippen LogP contribution is -2.68. The molecule has 240 valence electrons. The average Bonchev–Trinajstić information content (AvgIpc) is 3.34. The predicted octanol–water partition coefficient (Wildman–Crippen LogP) is -7.87. The van der Waals surface area contributed by atoms with Gasteiger partial charge in [0.25, 0.3) is 0 Å². The van der Waals surface area contributed by atoms with Crippen LogP contribution >= 0.6 is 0 Å². The molecule has 6 unspecified atom stereocenters. The van der Waals surface area contributed by atoms with Crippen LogP contribution in [-0.2, 0) is 28.4 Å². The fourth-order valence-corrected chi connectivity index (χ4v) is 5.72. The summed E-state index contributed by atoms with van der Waals surface area (Å²) < 4.78 is 35.2. The zero-order valence-corrected chi connectivity index (χ0v) is 22.5. The maximum atomic E-state index is 11.0. The Morgan fingerprint density at radius 1 is 0.585 bits per heavy atom. The van der Waals surface area contributed by atoms with E-state index in [1.807, 2.05) is 0 Å². The van der Waals surface area contributed by atoms with Crippen LogP contribution < -0.4 is 34.4 Å². The Balaban J connectivity index is 1.45. The molecule has 4 aliphatic rings. The second kappa shape index (κ2) is 13.9. The lowest BCUT2D eigenvalue weighted by atomic mass is 9.84.